The lowest BCUT2D eigenvalue weighted by Crippen LogP contribution is -2.49. The first-order valence-corrected chi connectivity index (χ1v) is 25.9. The summed E-state index contributed by atoms with van der Waals surface area (Å²) in [7, 11) is -1.21. The monoisotopic (exact) mass is 768 g/mol. The van der Waals surface area contributed by atoms with Crippen molar-refractivity contribution in [1.82, 2.24) is 16.0 Å². The van der Waals surface area contributed by atoms with E-state index in [2.05, 4.69) is 55.2 Å². The molecule has 0 fully saturated rings. The molecule has 0 aliphatic carbocycles. The predicted octanol–water partition coefficient (Wildman–Crippen LogP) is 4.81. The maximum atomic E-state index is 13.2. The SMILES string of the molecule is CN(C(=O)CSC[C@H](NC(=O)CC[C@@H](NC(=O)OC(C)(C)C)C(=O)OCC[Si](C)(C)C)C(=O)NCCC(=O)OCC[Si](C)(C)C)c1ccccc1. The molecule has 0 aliphatic heterocycles. The molecule has 13 nitrogen and oxygen atoms in total. The Morgan fingerprint density at radius 3 is 1.98 bits per heavy atom. The van der Waals surface area contributed by atoms with E-state index < -0.39 is 63.7 Å². The van der Waals surface area contributed by atoms with Gasteiger partial charge in [0.2, 0.25) is 17.7 Å². The molecule has 16 heteroatoms. The van der Waals surface area contributed by atoms with E-state index in [0.29, 0.717) is 6.61 Å². The standard InChI is InChI=1S/C35H60N4O9SSi2/c1-35(2,3)48-34(45)38-27(33(44)47-21-23-51(8,9)10)16-17-29(40)37-28(24-49-25-30(41)39(4)26-14-12-11-13-15-26)32(43)36-19-18-31(42)46-20-22-50(5,6)7/h11-15,27-28H,16-25H2,1-10H3,(H,36,43)(H,37,40)(H,38,45)/t27-,28+/m1/s1. The summed E-state index contributed by atoms with van der Waals surface area (Å²) in [6.45, 7) is 18.6. The van der Waals surface area contributed by atoms with Gasteiger partial charge in [0, 0.05) is 47.6 Å². The number of amides is 4. The molecule has 2 atom stereocenters. The minimum absolute atomic E-state index is 0.00245. The van der Waals surface area contributed by atoms with Gasteiger partial charge in [0.1, 0.15) is 17.7 Å². The first-order valence-electron chi connectivity index (χ1n) is 17.3. The summed E-state index contributed by atoms with van der Waals surface area (Å²) in [5.41, 5.74) is -0.0930. The van der Waals surface area contributed by atoms with E-state index >= 15 is 0 Å². The topological polar surface area (TPSA) is 169 Å². The molecule has 0 radical (unpaired) electrons. The third-order valence-corrected chi connectivity index (χ3v) is 11.6. The van der Waals surface area contributed by atoms with E-state index in [1.165, 1.54) is 16.7 Å². The van der Waals surface area contributed by atoms with Gasteiger partial charge in [-0.05, 0) is 51.4 Å². The van der Waals surface area contributed by atoms with Crippen LogP contribution in [-0.4, -0.2) is 108 Å². The third kappa shape index (κ3) is 22.2. The number of alkyl carbamates (subject to hydrolysis) is 1. The maximum Gasteiger partial charge on any atom is 0.408 e. The van der Waals surface area contributed by atoms with Gasteiger partial charge < -0.3 is 35.1 Å². The van der Waals surface area contributed by atoms with Crippen LogP contribution in [0.4, 0.5) is 10.5 Å². The number of hydrogen-bond acceptors (Lipinski definition) is 10. The van der Waals surface area contributed by atoms with Crippen LogP contribution >= 0.6 is 11.8 Å². The Kier molecular flexibility index (Phi) is 19.6. The Labute approximate surface area is 310 Å². The summed E-state index contributed by atoms with van der Waals surface area (Å²) in [6.07, 6.45) is -1.20. The molecular weight excluding hydrogens is 709 g/mol. The van der Waals surface area contributed by atoms with Crippen molar-refractivity contribution in [2.45, 2.75) is 109 Å². The van der Waals surface area contributed by atoms with Crippen LogP contribution in [0.5, 0.6) is 0 Å². The van der Waals surface area contributed by atoms with E-state index in [-0.39, 0.29) is 49.8 Å². The number of ether oxygens (including phenoxy) is 3. The molecule has 0 spiro atoms. The quantitative estimate of drug-likeness (QED) is 0.0897. The second-order valence-electron chi connectivity index (χ2n) is 15.7. The van der Waals surface area contributed by atoms with Gasteiger partial charge in [-0.15, -0.1) is 11.8 Å². The Hall–Kier alpha value is -3.38. The Bertz CT molecular complexity index is 1300. The van der Waals surface area contributed by atoms with Crippen LogP contribution in [0.1, 0.15) is 40.0 Å². The zero-order valence-electron chi connectivity index (χ0n) is 32.1. The summed E-state index contributed by atoms with van der Waals surface area (Å²) >= 11 is 1.17. The van der Waals surface area contributed by atoms with Crippen LogP contribution in [0.3, 0.4) is 0 Å². The highest BCUT2D eigenvalue weighted by atomic mass is 32.2. The van der Waals surface area contributed by atoms with Gasteiger partial charge >= 0.3 is 18.0 Å². The molecule has 0 saturated heterocycles. The van der Waals surface area contributed by atoms with Gasteiger partial charge in [0.05, 0.1) is 25.4 Å². The van der Waals surface area contributed by atoms with Crippen molar-refractivity contribution < 1.29 is 43.0 Å². The molecule has 1 aromatic rings. The van der Waals surface area contributed by atoms with Gasteiger partial charge in [-0.1, -0.05) is 57.5 Å². The molecule has 1 rings (SSSR count). The van der Waals surface area contributed by atoms with Crippen molar-refractivity contribution in [3.63, 3.8) is 0 Å². The summed E-state index contributed by atoms with van der Waals surface area (Å²) in [5.74, 6) is -2.30. The lowest BCUT2D eigenvalue weighted by molar-refractivity contribution is -0.146. The predicted molar refractivity (Wildman–Crippen MR) is 207 cm³/mol. The fourth-order valence-corrected chi connectivity index (χ4v) is 6.48. The van der Waals surface area contributed by atoms with Crippen LogP contribution in [0.15, 0.2) is 30.3 Å². The number of hydrogen-bond donors (Lipinski definition) is 3. The molecule has 0 unspecified atom stereocenters. The van der Waals surface area contributed by atoms with Crippen molar-refractivity contribution in [3.05, 3.63) is 30.3 Å². The lowest BCUT2D eigenvalue weighted by Gasteiger charge is -2.24. The number of benzene rings is 1. The average Bonchev–Trinajstić information content (AvgIpc) is 3.00. The van der Waals surface area contributed by atoms with Crippen LogP contribution in [0.25, 0.3) is 0 Å². The van der Waals surface area contributed by atoms with Crippen LogP contribution < -0.4 is 20.9 Å². The zero-order valence-corrected chi connectivity index (χ0v) is 35.0. The van der Waals surface area contributed by atoms with Crippen LogP contribution in [-0.2, 0) is 38.2 Å². The molecule has 3 N–H and O–H groups in total. The first kappa shape index (κ1) is 45.6. The number of carbonyl (C=O) groups is 6. The fraction of sp³-hybridized carbons (Fsp3) is 0.657. The Morgan fingerprint density at radius 2 is 1.41 bits per heavy atom. The molecule has 0 bridgehead atoms. The smallest absolute Gasteiger partial charge is 0.408 e. The molecule has 0 aromatic heterocycles. The Morgan fingerprint density at radius 1 is 0.824 bits per heavy atom. The molecule has 0 saturated carbocycles. The largest absolute Gasteiger partial charge is 0.466 e. The van der Waals surface area contributed by atoms with E-state index in [4.69, 9.17) is 14.2 Å². The van der Waals surface area contributed by atoms with E-state index in [1.807, 2.05) is 30.3 Å². The van der Waals surface area contributed by atoms with Crippen molar-refractivity contribution in [1.29, 1.82) is 0 Å². The highest BCUT2D eigenvalue weighted by Crippen LogP contribution is 2.15. The van der Waals surface area contributed by atoms with Crippen LogP contribution in [0, 0.1) is 0 Å². The van der Waals surface area contributed by atoms with Gasteiger partial charge in [-0.2, -0.15) is 0 Å². The molecule has 288 valence electrons. The van der Waals surface area contributed by atoms with E-state index in [9.17, 15) is 28.8 Å². The van der Waals surface area contributed by atoms with E-state index in [0.717, 1.165) is 17.8 Å². The zero-order chi connectivity index (χ0) is 38.8. The second kappa shape index (κ2) is 21.9. The molecule has 51 heavy (non-hydrogen) atoms. The Balaban J connectivity index is 2.93. The second-order valence-corrected chi connectivity index (χ2v) is 28.0. The average molecular weight is 769 g/mol. The molecule has 1 aromatic carbocycles. The highest BCUT2D eigenvalue weighted by molar-refractivity contribution is 8.00. The molecule has 4 amide bonds. The van der Waals surface area contributed by atoms with Crippen molar-refractivity contribution in [2.24, 2.45) is 0 Å². The number of thioether (sulfide) groups is 1. The highest BCUT2D eigenvalue weighted by Gasteiger charge is 2.28. The molecular formula is C35H60N4O9SSi2. The number of esters is 2. The normalized spacial score (nSPS) is 12.9. The summed E-state index contributed by atoms with van der Waals surface area (Å²) in [4.78, 5) is 78.5. The number of carbonyl (C=O) groups excluding carboxylic acids is 6. The van der Waals surface area contributed by atoms with Gasteiger partial charge in [0.25, 0.3) is 0 Å². The lowest BCUT2D eigenvalue weighted by atomic mass is 10.1. The molecule has 0 heterocycles. The van der Waals surface area contributed by atoms with Gasteiger partial charge in [0.15, 0.2) is 0 Å². The van der Waals surface area contributed by atoms with Gasteiger partial charge in [-0.3, -0.25) is 19.2 Å². The maximum absolute atomic E-state index is 13.2. The minimum atomic E-state index is -1.50. The fourth-order valence-electron chi connectivity index (χ4n) is 4.09. The number of rotatable bonds is 21. The number of para-hydroxylation sites is 1. The minimum Gasteiger partial charge on any atom is -0.466 e. The number of anilines is 1. The van der Waals surface area contributed by atoms with Gasteiger partial charge in [-0.25, -0.2) is 9.59 Å². The summed E-state index contributed by atoms with van der Waals surface area (Å²) < 4.78 is 16.1. The first-order chi connectivity index (χ1) is 23.6. The molecule has 0 aliphatic rings. The summed E-state index contributed by atoms with van der Waals surface area (Å²) in [5, 5.41) is 7.88. The van der Waals surface area contributed by atoms with Crippen molar-refractivity contribution in [3.8, 4) is 0 Å². The number of nitrogens with zero attached hydrogens (tertiary/aromatic N) is 1. The van der Waals surface area contributed by atoms with Crippen molar-refractivity contribution >= 4 is 69.4 Å². The van der Waals surface area contributed by atoms with Crippen LogP contribution in [0.2, 0.25) is 51.4 Å². The summed E-state index contributed by atoms with van der Waals surface area (Å²) in [6, 6.07) is 8.46. The third-order valence-electron chi connectivity index (χ3n) is 7.15. The number of nitrogens with one attached hydrogen (secondary N) is 3. The van der Waals surface area contributed by atoms with E-state index in [1.54, 1.807) is 27.8 Å². The van der Waals surface area contributed by atoms with Crippen molar-refractivity contribution in [2.75, 3.05) is 43.2 Å².